The Morgan fingerprint density at radius 1 is 0.967 bits per heavy atom. The molecule has 0 amide bonds. The van der Waals surface area contributed by atoms with E-state index in [1.807, 2.05) is 43.3 Å². The van der Waals surface area contributed by atoms with E-state index in [-0.39, 0.29) is 5.56 Å². The zero-order valence-electron chi connectivity index (χ0n) is 17.0. The molecule has 1 aliphatic carbocycles. The molecule has 1 N–H and O–H groups in total. The van der Waals surface area contributed by atoms with Crippen molar-refractivity contribution in [2.24, 2.45) is 0 Å². The molecule has 0 bridgehead atoms. The van der Waals surface area contributed by atoms with Gasteiger partial charge in [0.05, 0.1) is 4.90 Å². The van der Waals surface area contributed by atoms with E-state index < -0.39 is 0 Å². The van der Waals surface area contributed by atoms with Gasteiger partial charge >= 0.3 is 0 Å². The van der Waals surface area contributed by atoms with Crippen LogP contribution in [0.15, 0.2) is 69.4 Å². The zero-order valence-corrected chi connectivity index (χ0v) is 17.8. The van der Waals surface area contributed by atoms with E-state index >= 15 is 0 Å². The van der Waals surface area contributed by atoms with Gasteiger partial charge in [-0.2, -0.15) is 0 Å². The second-order valence-corrected chi connectivity index (χ2v) is 8.84. The quantitative estimate of drug-likeness (QED) is 0.460. The molecule has 1 saturated carbocycles. The Balaban J connectivity index is 1.68. The van der Waals surface area contributed by atoms with Gasteiger partial charge in [0.1, 0.15) is 5.82 Å². The summed E-state index contributed by atoms with van der Waals surface area (Å²) in [5, 5.41) is 10.7. The van der Waals surface area contributed by atoms with Gasteiger partial charge in [0.25, 0.3) is 5.56 Å². The number of hydrogen-bond donors (Lipinski definition) is 1. The minimum absolute atomic E-state index is 0.0894. The molecular weight excluding hydrogens is 392 g/mol. The summed E-state index contributed by atoms with van der Waals surface area (Å²) in [7, 11) is 0. The van der Waals surface area contributed by atoms with E-state index in [4.69, 9.17) is 0 Å². The van der Waals surface area contributed by atoms with Crippen molar-refractivity contribution in [2.45, 2.75) is 55.1 Å². The Morgan fingerprint density at radius 3 is 2.50 bits per heavy atom. The molecule has 0 aliphatic heterocycles. The molecule has 0 saturated heterocycles. The summed E-state index contributed by atoms with van der Waals surface area (Å²) in [6.07, 6.45) is 6.05. The number of nitrogens with zero attached hydrogens (tertiary/aromatic N) is 3. The fourth-order valence-corrected chi connectivity index (χ4v) is 5.60. The molecule has 6 heteroatoms. The highest BCUT2D eigenvalue weighted by atomic mass is 32.2. The lowest BCUT2D eigenvalue weighted by Crippen LogP contribution is -2.16. The lowest BCUT2D eigenvalue weighted by molar-refractivity contribution is 0.332. The van der Waals surface area contributed by atoms with Gasteiger partial charge in [-0.05, 0) is 43.2 Å². The maximum atomic E-state index is 13.2. The van der Waals surface area contributed by atoms with Crippen molar-refractivity contribution < 1.29 is 0 Å². The number of aryl methyl sites for hydroxylation is 1. The fourth-order valence-electron chi connectivity index (χ4n) is 4.48. The molecule has 152 valence electrons. The average molecular weight is 417 g/mol. The Bertz CT molecular complexity index is 1240. The molecule has 0 atom stereocenters. The second-order valence-electron chi connectivity index (χ2n) is 7.86. The number of fused-ring (bicyclic) bond motifs is 1. The Morgan fingerprint density at radius 2 is 1.70 bits per heavy atom. The van der Waals surface area contributed by atoms with Crippen molar-refractivity contribution in [1.29, 1.82) is 0 Å². The van der Waals surface area contributed by atoms with Crippen LogP contribution in [0.3, 0.4) is 0 Å². The van der Waals surface area contributed by atoms with E-state index in [9.17, 15) is 4.79 Å². The normalized spacial score (nSPS) is 15.0. The van der Waals surface area contributed by atoms with Crippen molar-refractivity contribution in [3.63, 3.8) is 0 Å². The van der Waals surface area contributed by atoms with Crippen molar-refractivity contribution in [3.05, 3.63) is 70.8 Å². The van der Waals surface area contributed by atoms with Crippen LogP contribution < -0.4 is 5.56 Å². The molecule has 4 aromatic rings. The molecule has 5 nitrogen and oxygen atoms in total. The number of hydrogen-bond acceptors (Lipinski definition) is 4. The SMILES string of the molecule is Cc1nnc(Sc2c(-c3ccccc3)c3ccccc3[nH]c2=O)n1C1CCCCC1. The molecule has 2 aromatic carbocycles. The van der Waals surface area contributed by atoms with Gasteiger partial charge in [-0.1, -0.05) is 67.8 Å². The fraction of sp³-hybridized carbons (Fsp3) is 0.292. The van der Waals surface area contributed by atoms with Gasteiger partial charge in [0, 0.05) is 22.5 Å². The standard InChI is InChI=1S/C24H24N4OS/c1-16-26-27-24(28(16)18-12-6-3-7-13-18)30-22-21(17-10-4-2-5-11-17)19-14-8-9-15-20(19)25-23(22)29/h2,4-5,8-11,14-15,18H,3,6-7,12-13H2,1H3,(H,25,29). The first-order chi connectivity index (χ1) is 14.7. The van der Waals surface area contributed by atoms with Crippen LogP contribution in [0.5, 0.6) is 0 Å². The smallest absolute Gasteiger partial charge is 0.263 e. The molecule has 0 unspecified atom stereocenters. The monoisotopic (exact) mass is 416 g/mol. The molecule has 5 rings (SSSR count). The highest BCUT2D eigenvalue weighted by Gasteiger charge is 2.24. The van der Waals surface area contributed by atoms with Crippen LogP contribution in [0.25, 0.3) is 22.0 Å². The van der Waals surface area contributed by atoms with Crippen molar-refractivity contribution >= 4 is 22.7 Å². The third kappa shape index (κ3) is 3.45. The molecule has 2 aromatic heterocycles. The summed E-state index contributed by atoms with van der Waals surface area (Å²) in [5.41, 5.74) is 2.74. The van der Waals surface area contributed by atoms with Crippen LogP contribution in [0.1, 0.15) is 44.0 Å². The van der Waals surface area contributed by atoms with Crippen molar-refractivity contribution in [3.8, 4) is 11.1 Å². The van der Waals surface area contributed by atoms with Crippen LogP contribution in [0.2, 0.25) is 0 Å². The first-order valence-corrected chi connectivity index (χ1v) is 11.3. The molecule has 0 radical (unpaired) electrons. The van der Waals surface area contributed by atoms with Crippen LogP contribution in [-0.2, 0) is 0 Å². The number of H-pyrrole nitrogens is 1. The number of pyridine rings is 1. The van der Waals surface area contributed by atoms with Gasteiger partial charge in [0.2, 0.25) is 0 Å². The highest BCUT2D eigenvalue weighted by Crippen LogP contribution is 2.39. The summed E-state index contributed by atoms with van der Waals surface area (Å²) >= 11 is 1.44. The number of benzene rings is 2. The number of aromatic nitrogens is 4. The maximum Gasteiger partial charge on any atom is 0.263 e. The molecule has 30 heavy (non-hydrogen) atoms. The third-order valence-electron chi connectivity index (χ3n) is 5.91. The van der Waals surface area contributed by atoms with E-state index in [2.05, 4.69) is 37.9 Å². The lowest BCUT2D eigenvalue weighted by atomic mass is 9.95. The average Bonchev–Trinajstić information content (AvgIpc) is 3.15. The van der Waals surface area contributed by atoms with Crippen LogP contribution in [0.4, 0.5) is 0 Å². The van der Waals surface area contributed by atoms with Gasteiger partial charge in [-0.15, -0.1) is 10.2 Å². The first kappa shape index (κ1) is 19.1. The molecular formula is C24H24N4OS. The van der Waals surface area contributed by atoms with Gasteiger partial charge in [-0.3, -0.25) is 4.79 Å². The van der Waals surface area contributed by atoms with E-state index in [0.29, 0.717) is 10.9 Å². The van der Waals surface area contributed by atoms with Gasteiger partial charge in [-0.25, -0.2) is 0 Å². The number of para-hydroxylation sites is 1. The molecule has 1 fully saturated rings. The summed E-state index contributed by atoms with van der Waals surface area (Å²) < 4.78 is 2.24. The third-order valence-corrected chi connectivity index (χ3v) is 6.96. The number of aromatic amines is 1. The zero-order chi connectivity index (χ0) is 20.5. The topological polar surface area (TPSA) is 63.6 Å². The lowest BCUT2D eigenvalue weighted by Gasteiger charge is -2.25. The minimum atomic E-state index is -0.0894. The Hall–Kier alpha value is -2.86. The maximum absolute atomic E-state index is 13.2. The van der Waals surface area contributed by atoms with Crippen molar-refractivity contribution in [2.75, 3.05) is 0 Å². The summed E-state index contributed by atoms with van der Waals surface area (Å²) in [6, 6.07) is 18.5. The predicted molar refractivity (Wildman–Crippen MR) is 121 cm³/mol. The van der Waals surface area contributed by atoms with Crippen LogP contribution >= 0.6 is 11.8 Å². The van der Waals surface area contributed by atoms with E-state index in [1.54, 1.807) is 0 Å². The van der Waals surface area contributed by atoms with E-state index in [1.165, 1.54) is 31.0 Å². The predicted octanol–water partition coefficient (Wildman–Crippen LogP) is 5.75. The first-order valence-electron chi connectivity index (χ1n) is 10.5. The minimum Gasteiger partial charge on any atom is -0.321 e. The Kier molecular flexibility index (Phi) is 5.17. The highest BCUT2D eigenvalue weighted by molar-refractivity contribution is 7.99. The summed E-state index contributed by atoms with van der Waals surface area (Å²) in [4.78, 5) is 16.9. The molecule has 2 heterocycles. The summed E-state index contributed by atoms with van der Waals surface area (Å²) in [6.45, 7) is 2.01. The largest absolute Gasteiger partial charge is 0.321 e. The van der Waals surface area contributed by atoms with Crippen LogP contribution in [0, 0.1) is 6.92 Å². The summed E-state index contributed by atoms with van der Waals surface area (Å²) in [5.74, 6) is 0.919. The number of nitrogens with one attached hydrogen (secondary N) is 1. The Labute approximate surface area is 179 Å². The van der Waals surface area contributed by atoms with Crippen LogP contribution in [-0.4, -0.2) is 19.7 Å². The molecule has 1 aliphatic rings. The van der Waals surface area contributed by atoms with Gasteiger partial charge in [0.15, 0.2) is 5.16 Å². The second kappa shape index (κ2) is 8.11. The van der Waals surface area contributed by atoms with E-state index in [0.717, 1.165) is 45.9 Å². The number of rotatable bonds is 4. The molecule has 0 spiro atoms. The van der Waals surface area contributed by atoms with Crippen molar-refractivity contribution in [1.82, 2.24) is 19.7 Å². The van der Waals surface area contributed by atoms with Gasteiger partial charge < -0.3 is 9.55 Å².